The molecule has 0 saturated carbocycles. The molecule has 30 heavy (non-hydrogen) atoms. The van der Waals surface area contributed by atoms with E-state index in [1.165, 1.54) is 11.1 Å². The molecule has 6 nitrogen and oxygen atoms in total. The molecule has 0 spiro atoms. The Kier molecular flexibility index (Phi) is 5.60. The first kappa shape index (κ1) is 20.5. The van der Waals surface area contributed by atoms with Crippen LogP contribution in [0.5, 0.6) is 0 Å². The maximum absolute atomic E-state index is 13.3. The van der Waals surface area contributed by atoms with Crippen molar-refractivity contribution in [2.45, 2.75) is 52.0 Å². The Morgan fingerprint density at radius 2 is 1.90 bits per heavy atom. The molecule has 1 aliphatic rings. The molecule has 1 aliphatic heterocycles. The molecule has 0 atom stereocenters. The van der Waals surface area contributed by atoms with Crippen molar-refractivity contribution in [2.75, 3.05) is 19.8 Å². The number of nitrogens with one attached hydrogen (secondary N) is 1. The Morgan fingerprint density at radius 1 is 1.20 bits per heavy atom. The lowest BCUT2D eigenvalue weighted by Gasteiger charge is -2.38. The summed E-state index contributed by atoms with van der Waals surface area (Å²) in [7, 11) is 0. The molecule has 1 fully saturated rings. The number of carbonyl (C=O) groups is 1. The van der Waals surface area contributed by atoms with Gasteiger partial charge in [0.05, 0.1) is 17.1 Å². The third-order valence-corrected chi connectivity index (χ3v) is 6.13. The van der Waals surface area contributed by atoms with Gasteiger partial charge in [0.15, 0.2) is 5.65 Å². The number of nitrogens with zero attached hydrogens (tertiary/aromatic N) is 3. The number of fused-ring (bicyclic) bond motifs is 1. The van der Waals surface area contributed by atoms with Gasteiger partial charge in [0.2, 0.25) is 0 Å². The second kappa shape index (κ2) is 8.19. The van der Waals surface area contributed by atoms with Gasteiger partial charge in [-0.25, -0.2) is 9.67 Å². The molecule has 158 valence electrons. The van der Waals surface area contributed by atoms with Gasteiger partial charge >= 0.3 is 0 Å². The fourth-order valence-electron chi connectivity index (χ4n) is 4.29. The fourth-order valence-corrected chi connectivity index (χ4v) is 4.29. The summed E-state index contributed by atoms with van der Waals surface area (Å²) in [5, 5.41) is 8.47. The summed E-state index contributed by atoms with van der Waals surface area (Å²) >= 11 is 0. The van der Waals surface area contributed by atoms with E-state index in [-0.39, 0.29) is 17.4 Å². The quantitative estimate of drug-likeness (QED) is 0.692. The summed E-state index contributed by atoms with van der Waals surface area (Å²) in [6, 6.07) is 10.7. The molecule has 0 unspecified atom stereocenters. The number of ether oxygens (including phenoxy) is 1. The second-order valence-electron chi connectivity index (χ2n) is 8.67. The number of aromatic nitrogens is 3. The zero-order valence-electron chi connectivity index (χ0n) is 18.2. The van der Waals surface area contributed by atoms with Gasteiger partial charge in [0, 0.05) is 36.9 Å². The van der Waals surface area contributed by atoms with Gasteiger partial charge in [-0.1, -0.05) is 29.8 Å². The van der Waals surface area contributed by atoms with Crippen LogP contribution in [0.1, 0.15) is 59.9 Å². The van der Waals surface area contributed by atoms with Crippen molar-refractivity contribution in [1.82, 2.24) is 20.1 Å². The molecule has 0 aliphatic carbocycles. The van der Waals surface area contributed by atoms with Crippen LogP contribution in [-0.2, 0) is 10.2 Å². The van der Waals surface area contributed by atoms with E-state index in [9.17, 15) is 4.79 Å². The number of carbonyl (C=O) groups excluding carboxylic acids is 1. The number of amides is 1. The average Bonchev–Trinajstić information content (AvgIpc) is 3.16. The summed E-state index contributed by atoms with van der Waals surface area (Å²) in [5.74, 6) is -0.0771. The molecular formula is C24H30N4O2. The third kappa shape index (κ3) is 3.84. The maximum Gasteiger partial charge on any atom is 0.252 e. The van der Waals surface area contributed by atoms with Gasteiger partial charge in [-0.05, 0) is 52.2 Å². The largest absolute Gasteiger partial charge is 0.381 e. The topological polar surface area (TPSA) is 69.0 Å². The predicted molar refractivity (Wildman–Crippen MR) is 118 cm³/mol. The highest BCUT2D eigenvalue weighted by atomic mass is 16.5. The first-order valence-corrected chi connectivity index (χ1v) is 10.7. The first-order chi connectivity index (χ1) is 14.4. The molecule has 2 aromatic heterocycles. The SMILES string of the molecule is Cc1ccc(C2(CNC(=O)c3cc(C)nc4c3cnn4C(C)C)CCOCC2)cc1. The van der Waals surface area contributed by atoms with E-state index in [2.05, 4.69) is 60.4 Å². The third-order valence-electron chi connectivity index (χ3n) is 6.13. The standard InChI is InChI=1S/C24H30N4O2/c1-16(2)28-22-21(14-26-28)20(13-18(4)27-22)23(29)25-15-24(9-11-30-12-10-24)19-7-5-17(3)6-8-19/h5-8,13-14,16H,9-12,15H2,1-4H3,(H,25,29). The highest BCUT2D eigenvalue weighted by Crippen LogP contribution is 2.34. The van der Waals surface area contributed by atoms with Crippen molar-refractivity contribution in [3.63, 3.8) is 0 Å². The minimum Gasteiger partial charge on any atom is -0.381 e. The smallest absolute Gasteiger partial charge is 0.252 e. The fraction of sp³-hybridized carbons (Fsp3) is 0.458. The lowest BCUT2D eigenvalue weighted by Crippen LogP contribution is -2.44. The number of hydrogen-bond acceptors (Lipinski definition) is 4. The number of benzene rings is 1. The van der Waals surface area contributed by atoms with Gasteiger partial charge < -0.3 is 10.1 Å². The summed E-state index contributed by atoms with van der Waals surface area (Å²) in [4.78, 5) is 17.9. The maximum atomic E-state index is 13.3. The van der Waals surface area contributed by atoms with E-state index in [0.29, 0.717) is 25.3 Å². The molecule has 3 heterocycles. The zero-order chi connectivity index (χ0) is 21.3. The Bertz CT molecular complexity index is 1050. The minimum atomic E-state index is -0.106. The molecule has 1 saturated heterocycles. The number of pyridine rings is 1. The lowest BCUT2D eigenvalue weighted by atomic mass is 9.74. The average molecular weight is 407 g/mol. The summed E-state index contributed by atoms with van der Waals surface area (Å²) in [6.45, 7) is 10.1. The van der Waals surface area contributed by atoms with Gasteiger partial charge in [0.1, 0.15) is 0 Å². The molecule has 1 aromatic carbocycles. The number of rotatable bonds is 5. The molecule has 1 amide bonds. The highest BCUT2D eigenvalue weighted by Gasteiger charge is 2.35. The van der Waals surface area contributed by atoms with Crippen LogP contribution in [0, 0.1) is 13.8 Å². The van der Waals surface area contributed by atoms with Crippen LogP contribution in [0.2, 0.25) is 0 Å². The Labute approximate surface area is 177 Å². The van der Waals surface area contributed by atoms with Crippen molar-refractivity contribution in [3.05, 3.63) is 58.9 Å². The predicted octanol–water partition coefficient (Wildman–Crippen LogP) is 4.11. The van der Waals surface area contributed by atoms with Crippen molar-refractivity contribution in [1.29, 1.82) is 0 Å². The van der Waals surface area contributed by atoms with Gasteiger partial charge in [-0.2, -0.15) is 5.10 Å². The van der Waals surface area contributed by atoms with Crippen LogP contribution in [0.4, 0.5) is 0 Å². The zero-order valence-corrected chi connectivity index (χ0v) is 18.2. The Morgan fingerprint density at radius 3 is 2.57 bits per heavy atom. The summed E-state index contributed by atoms with van der Waals surface area (Å²) in [5.41, 5.74) is 4.60. The Hall–Kier alpha value is -2.73. The minimum absolute atomic E-state index is 0.0771. The van der Waals surface area contributed by atoms with Crippen LogP contribution < -0.4 is 5.32 Å². The van der Waals surface area contributed by atoms with E-state index in [0.717, 1.165) is 29.6 Å². The van der Waals surface area contributed by atoms with Crippen molar-refractivity contribution in [3.8, 4) is 0 Å². The Balaban J connectivity index is 1.62. The first-order valence-electron chi connectivity index (χ1n) is 10.7. The van der Waals surface area contributed by atoms with E-state index >= 15 is 0 Å². The van der Waals surface area contributed by atoms with Gasteiger partial charge in [-0.3, -0.25) is 4.79 Å². The molecule has 1 N–H and O–H groups in total. The number of hydrogen-bond donors (Lipinski definition) is 1. The van der Waals surface area contributed by atoms with Crippen molar-refractivity contribution in [2.24, 2.45) is 0 Å². The molecular weight excluding hydrogens is 376 g/mol. The molecule has 4 rings (SSSR count). The van der Waals surface area contributed by atoms with E-state index in [4.69, 9.17) is 4.74 Å². The molecule has 3 aromatic rings. The van der Waals surface area contributed by atoms with E-state index < -0.39 is 0 Å². The van der Waals surface area contributed by atoms with Gasteiger partial charge in [-0.15, -0.1) is 0 Å². The second-order valence-corrected chi connectivity index (χ2v) is 8.67. The highest BCUT2D eigenvalue weighted by molar-refractivity contribution is 6.05. The van der Waals surface area contributed by atoms with E-state index in [1.54, 1.807) is 6.20 Å². The molecule has 0 bridgehead atoms. The summed E-state index contributed by atoms with van der Waals surface area (Å²) < 4.78 is 7.49. The van der Waals surface area contributed by atoms with Crippen LogP contribution in [0.3, 0.4) is 0 Å². The van der Waals surface area contributed by atoms with Crippen LogP contribution in [0.25, 0.3) is 11.0 Å². The normalized spacial score (nSPS) is 16.2. The van der Waals surface area contributed by atoms with Crippen molar-refractivity contribution >= 4 is 16.9 Å². The van der Waals surface area contributed by atoms with Gasteiger partial charge in [0.25, 0.3) is 5.91 Å². The van der Waals surface area contributed by atoms with Crippen molar-refractivity contribution < 1.29 is 9.53 Å². The molecule has 6 heteroatoms. The lowest BCUT2D eigenvalue weighted by molar-refractivity contribution is 0.0487. The van der Waals surface area contributed by atoms with Crippen LogP contribution in [-0.4, -0.2) is 40.4 Å². The summed E-state index contributed by atoms with van der Waals surface area (Å²) in [6.07, 6.45) is 3.54. The van der Waals surface area contributed by atoms with Crippen LogP contribution in [0.15, 0.2) is 36.5 Å². The number of aryl methyl sites for hydroxylation is 2. The molecule has 0 radical (unpaired) electrons. The monoisotopic (exact) mass is 406 g/mol. The van der Waals surface area contributed by atoms with E-state index in [1.807, 2.05) is 17.7 Å². The van der Waals surface area contributed by atoms with Crippen LogP contribution >= 0.6 is 0 Å².